The van der Waals surface area contributed by atoms with E-state index < -0.39 is 23.3 Å². The topological polar surface area (TPSA) is 17.1 Å². The Balaban J connectivity index is 2.12. The molecule has 0 aliphatic heterocycles. The highest BCUT2D eigenvalue weighted by Crippen LogP contribution is 2.32. The van der Waals surface area contributed by atoms with E-state index in [-0.39, 0.29) is 18.4 Å². The van der Waals surface area contributed by atoms with E-state index in [2.05, 4.69) is 0 Å². The van der Waals surface area contributed by atoms with Crippen LogP contribution in [0, 0.1) is 5.82 Å². The molecule has 2 rings (SSSR count). The Bertz CT molecular complexity index is 629. The van der Waals surface area contributed by atoms with Crippen LogP contribution in [0.4, 0.5) is 17.6 Å². The maximum absolute atomic E-state index is 12.8. The lowest BCUT2D eigenvalue weighted by Gasteiger charge is -2.11. The van der Waals surface area contributed by atoms with Crippen molar-refractivity contribution in [2.75, 3.05) is 0 Å². The van der Waals surface area contributed by atoms with Gasteiger partial charge in [0, 0.05) is 12.0 Å². The monoisotopic (exact) mass is 296 g/mol. The van der Waals surface area contributed by atoms with Gasteiger partial charge < -0.3 is 0 Å². The summed E-state index contributed by atoms with van der Waals surface area (Å²) in [6, 6.07) is 10.3. The molecule has 0 bridgehead atoms. The van der Waals surface area contributed by atoms with Crippen molar-refractivity contribution in [1.82, 2.24) is 0 Å². The van der Waals surface area contributed by atoms with Gasteiger partial charge >= 0.3 is 6.18 Å². The van der Waals surface area contributed by atoms with E-state index in [0.717, 1.165) is 6.07 Å². The van der Waals surface area contributed by atoms with Crippen molar-refractivity contribution >= 4 is 5.78 Å². The number of hydrogen-bond donors (Lipinski definition) is 0. The fourth-order valence-corrected chi connectivity index (χ4v) is 2.02. The normalized spacial score (nSPS) is 11.4. The zero-order valence-corrected chi connectivity index (χ0v) is 11.0. The zero-order valence-electron chi connectivity index (χ0n) is 11.0. The van der Waals surface area contributed by atoms with Gasteiger partial charge in [0.2, 0.25) is 0 Å². The Labute approximate surface area is 119 Å². The first-order valence-electron chi connectivity index (χ1n) is 6.32. The predicted molar refractivity (Wildman–Crippen MR) is 70.5 cm³/mol. The van der Waals surface area contributed by atoms with Crippen LogP contribution in [0.2, 0.25) is 0 Å². The largest absolute Gasteiger partial charge is 0.417 e. The molecule has 1 nitrogen and oxygen atoms in total. The molecule has 0 spiro atoms. The molecule has 0 N–H and O–H groups in total. The van der Waals surface area contributed by atoms with Crippen LogP contribution in [0.1, 0.15) is 27.9 Å². The minimum absolute atomic E-state index is 0.0568. The Kier molecular flexibility index (Phi) is 4.40. The molecule has 0 saturated heterocycles. The maximum atomic E-state index is 12.8. The highest BCUT2D eigenvalue weighted by Gasteiger charge is 2.34. The van der Waals surface area contributed by atoms with Crippen molar-refractivity contribution in [3.05, 3.63) is 71.0 Å². The van der Waals surface area contributed by atoms with Gasteiger partial charge in [-0.25, -0.2) is 4.39 Å². The van der Waals surface area contributed by atoms with Gasteiger partial charge in [-0.15, -0.1) is 0 Å². The lowest BCUT2D eigenvalue weighted by Crippen LogP contribution is -2.13. The minimum Gasteiger partial charge on any atom is -0.294 e. The number of Topliss-reactive ketones (excluding diaryl/α,β-unsaturated/α-hetero) is 1. The molecule has 0 aliphatic carbocycles. The number of carbonyl (C=O) groups is 1. The number of benzene rings is 2. The molecule has 0 heterocycles. The summed E-state index contributed by atoms with van der Waals surface area (Å²) >= 11 is 0. The van der Waals surface area contributed by atoms with Crippen LogP contribution in [0.3, 0.4) is 0 Å². The fourth-order valence-electron chi connectivity index (χ4n) is 2.02. The van der Waals surface area contributed by atoms with Gasteiger partial charge in [0.1, 0.15) is 5.82 Å². The van der Waals surface area contributed by atoms with Crippen molar-refractivity contribution < 1.29 is 22.4 Å². The molecule has 0 aromatic heterocycles. The van der Waals surface area contributed by atoms with E-state index in [0.29, 0.717) is 5.56 Å². The Morgan fingerprint density at radius 2 is 1.57 bits per heavy atom. The molecule has 0 amide bonds. The van der Waals surface area contributed by atoms with Gasteiger partial charge in [0.15, 0.2) is 5.78 Å². The summed E-state index contributed by atoms with van der Waals surface area (Å²) in [5, 5.41) is 0. The van der Waals surface area contributed by atoms with E-state index in [1.165, 1.54) is 42.5 Å². The molecule has 2 aromatic carbocycles. The molecule has 0 fully saturated rings. The number of halogens is 4. The molecule has 110 valence electrons. The predicted octanol–water partition coefficient (Wildman–Crippen LogP) is 4.66. The second-order valence-electron chi connectivity index (χ2n) is 4.59. The zero-order chi connectivity index (χ0) is 15.5. The minimum atomic E-state index is -4.55. The van der Waals surface area contributed by atoms with Crippen LogP contribution in [0.25, 0.3) is 0 Å². The second kappa shape index (κ2) is 6.08. The Hall–Kier alpha value is -2.17. The number of hydrogen-bond acceptors (Lipinski definition) is 1. The number of rotatable bonds is 4. The standard InChI is InChI=1S/C16H12F4O/c17-12-8-5-11(6-9-12)7-10-15(21)13-3-1-2-4-14(13)16(18,19)20/h1-6,8-9H,7,10H2. The number of alkyl halides is 3. The average molecular weight is 296 g/mol. The van der Waals surface area contributed by atoms with E-state index in [1.807, 2.05) is 0 Å². The average Bonchev–Trinajstić information content (AvgIpc) is 2.45. The molecular formula is C16H12F4O. The Morgan fingerprint density at radius 1 is 0.952 bits per heavy atom. The van der Waals surface area contributed by atoms with Crippen LogP contribution < -0.4 is 0 Å². The molecule has 0 saturated carbocycles. The first-order chi connectivity index (χ1) is 9.88. The SMILES string of the molecule is O=C(CCc1ccc(F)cc1)c1ccccc1C(F)(F)F. The van der Waals surface area contributed by atoms with Crippen molar-refractivity contribution in [2.24, 2.45) is 0 Å². The number of aryl methyl sites for hydroxylation is 1. The summed E-state index contributed by atoms with van der Waals surface area (Å²) in [4.78, 5) is 12.0. The van der Waals surface area contributed by atoms with Crippen LogP contribution in [-0.4, -0.2) is 5.78 Å². The van der Waals surface area contributed by atoms with Crippen LogP contribution >= 0.6 is 0 Å². The summed E-state index contributed by atoms with van der Waals surface area (Å²) in [5.41, 5.74) is -0.546. The van der Waals surface area contributed by atoms with E-state index in [4.69, 9.17) is 0 Å². The number of carbonyl (C=O) groups excluding carboxylic acids is 1. The van der Waals surface area contributed by atoms with E-state index in [9.17, 15) is 22.4 Å². The molecule has 5 heteroatoms. The molecule has 0 unspecified atom stereocenters. The second-order valence-corrected chi connectivity index (χ2v) is 4.59. The lowest BCUT2D eigenvalue weighted by atomic mass is 9.98. The summed E-state index contributed by atoms with van der Waals surface area (Å²) < 4.78 is 51.2. The third kappa shape index (κ3) is 3.90. The van der Waals surface area contributed by atoms with Crippen LogP contribution in [-0.2, 0) is 12.6 Å². The lowest BCUT2D eigenvalue weighted by molar-refractivity contribution is -0.137. The van der Waals surface area contributed by atoms with Crippen molar-refractivity contribution in [1.29, 1.82) is 0 Å². The van der Waals surface area contributed by atoms with Crippen molar-refractivity contribution in [3.8, 4) is 0 Å². The molecule has 0 aliphatic rings. The third-order valence-electron chi connectivity index (χ3n) is 3.09. The van der Waals surface area contributed by atoms with Crippen LogP contribution in [0.15, 0.2) is 48.5 Å². The van der Waals surface area contributed by atoms with Gasteiger partial charge in [0.05, 0.1) is 5.56 Å². The van der Waals surface area contributed by atoms with Gasteiger partial charge in [-0.3, -0.25) is 4.79 Å². The molecule has 21 heavy (non-hydrogen) atoms. The number of ketones is 1. The molecule has 2 aromatic rings. The van der Waals surface area contributed by atoms with E-state index >= 15 is 0 Å². The highest BCUT2D eigenvalue weighted by atomic mass is 19.4. The first kappa shape index (κ1) is 15.2. The molecule has 0 radical (unpaired) electrons. The smallest absolute Gasteiger partial charge is 0.294 e. The van der Waals surface area contributed by atoms with Gasteiger partial charge in [-0.2, -0.15) is 13.2 Å². The van der Waals surface area contributed by atoms with Crippen molar-refractivity contribution in [2.45, 2.75) is 19.0 Å². The first-order valence-corrected chi connectivity index (χ1v) is 6.32. The Morgan fingerprint density at radius 3 is 2.19 bits per heavy atom. The fraction of sp³-hybridized carbons (Fsp3) is 0.188. The third-order valence-corrected chi connectivity index (χ3v) is 3.09. The van der Waals surface area contributed by atoms with Crippen molar-refractivity contribution in [3.63, 3.8) is 0 Å². The van der Waals surface area contributed by atoms with Gasteiger partial charge in [0.25, 0.3) is 0 Å². The molecular weight excluding hydrogens is 284 g/mol. The highest BCUT2D eigenvalue weighted by molar-refractivity contribution is 5.97. The summed E-state index contributed by atoms with van der Waals surface area (Å²) in [7, 11) is 0. The maximum Gasteiger partial charge on any atom is 0.417 e. The molecule has 0 atom stereocenters. The summed E-state index contributed by atoms with van der Waals surface area (Å²) in [6.07, 6.45) is -4.34. The van der Waals surface area contributed by atoms with Crippen LogP contribution in [0.5, 0.6) is 0 Å². The van der Waals surface area contributed by atoms with E-state index in [1.54, 1.807) is 0 Å². The summed E-state index contributed by atoms with van der Waals surface area (Å²) in [5.74, 6) is -0.972. The summed E-state index contributed by atoms with van der Waals surface area (Å²) in [6.45, 7) is 0. The quantitative estimate of drug-likeness (QED) is 0.592. The van der Waals surface area contributed by atoms with Gasteiger partial charge in [-0.05, 0) is 30.2 Å². The van der Waals surface area contributed by atoms with Gasteiger partial charge in [-0.1, -0.05) is 30.3 Å².